The molecule has 2 aromatic carbocycles. The second-order valence-corrected chi connectivity index (χ2v) is 7.04. The fourth-order valence-corrected chi connectivity index (χ4v) is 3.30. The molecule has 1 aliphatic heterocycles. The van der Waals surface area contributed by atoms with Crippen LogP contribution in [0.2, 0.25) is 0 Å². The van der Waals surface area contributed by atoms with E-state index in [1.54, 1.807) is 23.1 Å². The summed E-state index contributed by atoms with van der Waals surface area (Å²) in [5, 5.41) is 3.88. The highest BCUT2D eigenvalue weighted by Gasteiger charge is 2.36. The number of anilines is 1. The molecule has 3 aromatic rings. The van der Waals surface area contributed by atoms with Gasteiger partial charge in [0.25, 0.3) is 0 Å². The molecule has 1 atom stereocenters. The molecule has 1 aromatic heterocycles. The van der Waals surface area contributed by atoms with E-state index in [1.807, 2.05) is 31.2 Å². The van der Waals surface area contributed by atoms with E-state index in [-0.39, 0.29) is 24.8 Å². The van der Waals surface area contributed by atoms with E-state index in [2.05, 4.69) is 5.16 Å². The van der Waals surface area contributed by atoms with Crippen LogP contribution in [-0.2, 0) is 20.9 Å². The van der Waals surface area contributed by atoms with Gasteiger partial charge in [-0.2, -0.15) is 0 Å². The molecule has 0 bridgehead atoms. The number of carbonyl (C=O) groups excluding carboxylic acids is 2. The van der Waals surface area contributed by atoms with Gasteiger partial charge in [0.2, 0.25) is 5.91 Å². The van der Waals surface area contributed by atoms with Gasteiger partial charge in [0, 0.05) is 30.3 Å². The Morgan fingerprint density at radius 1 is 1.24 bits per heavy atom. The molecule has 1 saturated heterocycles. The number of halogens is 1. The van der Waals surface area contributed by atoms with Gasteiger partial charge < -0.3 is 14.2 Å². The predicted molar refractivity (Wildman–Crippen MR) is 103 cm³/mol. The van der Waals surface area contributed by atoms with Gasteiger partial charge in [-0.25, -0.2) is 4.39 Å². The lowest BCUT2D eigenvalue weighted by Crippen LogP contribution is -2.26. The van der Waals surface area contributed by atoms with Crippen molar-refractivity contribution in [1.29, 1.82) is 0 Å². The number of carbonyl (C=O) groups is 2. The smallest absolute Gasteiger partial charge is 0.311 e. The Labute approximate surface area is 166 Å². The molecule has 4 rings (SSSR count). The molecule has 0 saturated carbocycles. The van der Waals surface area contributed by atoms with E-state index in [9.17, 15) is 14.0 Å². The molecule has 7 heteroatoms. The van der Waals surface area contributed by atoms with Crippen LogP contribution in [0.5, 0.6) is 0 Å². The number of amides is 1. The molecule has 148 valence electrons. The summed E-state index contributed by atoms with van der Waals surface area (Å²) in [7, 11) is 0. The van der Waals surface area contributed by atoms with E-state index in [4.69, 9.17) is 9.26 Å². The number of aromatic nitrogens is 1. The Hall–Kier alpha value is -3.48. The maximum atomic E-state index is 13.0. The lowest BCUT2D eigenvalue weighted by Gasteiger charge is -2.17. The van der Waals surface area contributed by atoms with Crippen LogP contribution in [0.25, 0.3) is 11.3 Å². The van der Waals surface area contributed by atoms with Crippen molar-refractivity contribution in [2.75, 3.05) is 11.4 Å². The summed E-state index contributed by atoms with van der Waals surface area (Å²) in [4.78, 5) is 26.4. The zero-order valence-corrected chi connectivity index (χ0v) is 15.8. The molecule has 1 aliphatic rings. The van der Waals surface area contributed by atoms with Crippen LogP contribution in [-0.4, -0.2) is 23.6 Å². The first-order valence-electron chi connectivity index (χ1n) is 9.25. The van der Waals surface area contributed by atoms with Gasteiger partial charge in [0.15, 0.2) is 5.76 Å². The molecule has 1 unspecified atom stereocenters. The SMILES string of the molecule is Cc1cccc(N2CC(C(=O)OCc3cc(-c4ccc(F)cc4)on3)CC2=O)c1. The van der Waals surface area contributed by atoms with Crippen molar-refractivity contribution in [2.45, 2.75) is 20.0 Å². The second-order valence-electron chi connectivity index (χ2n) is 7.04. The molecule has 1 amide bonds. The largest absolute Gasteiger partial charge is 0.459 e. The zero-order valence-electron chi connectivity index (χ0n) is 15.8. The predicted octanol–water partition coefficient (Wildman–Crippen LogP) is 3.89. The highest BCUT2D eigenvalue weighted by molar-refractivity contribution is 5.99. The summed E-state index contributed by atoms with van der Waals surface area (Å²) in [6.45, 7) is 2.19. The topological polar surface area (TPSA) is 72.6 Å². The number of rotatable bonds is 5. The monoisotopic (exact) mass is 394 g/mol. The molecule has 0 aliphatic carbocycles. The number of nitrogens with zero attached hydrogens (tertiary/aromatic N) is 2. The Morgan fingerprint density at radius 2 is 2.03 bits per heavy atom. The molecule has 2 heterocycles. The average molecular weight is 394 g/mol. The third-order valence-electron chi connectivity index (χ3n) is 4.82. The summed E-state index contributed by atoms with van der Waals surface area (Å²) >= 11 is 0. The standard InChI is InChI=1S/C22H19FN2O4/c1-14-3-2-4-19(9-14)25-12-16(10-21(25)26)22(27)28-13-18-11-20(29-24-18)15-5-7-17(23)8-6-15/h2-9,11,16H,10,12-13H2,1H3. The number of aryl methyl sites for hydroxylation is 1. The first kappa shape index (κ1) is 18.9. The van der Waals surface area contributed by atoms with Crippen LogP contribution in [0.4, 0.5) is 10.1 Å². The van der Waals surface area contributed by atoms with Gasteiger partial charge >= 0.3 is 5.97 Å². The molecular weight excluding hydrogens is 375 g/mol. The number of benzene rings is 2. The third-order valence-corrected chi connectivity index (χ3v) is 4.82. The summed E-state index contributed by atoms with van der Waals surface area (Å²) in [5.41, 5.74) is 2.94. The maximum Gasteiger partial charge on any atom is 0.311 e. The van der Waals surface area contributed by atoms with Gasteiger partial charge in [-0.3, -0.25) is 9.59 Å². The Balaban J connectivity index is 1.36. The van der Waals surface area contributed by atoms with Gasteiger partial charge in [0.05, 0.1) is 5.92 Å². The average Bonchev–Trinajstić information content (AvgIpc) is 3.33. The van der Waals surface area contributed by atoms with E-state index < -0.39 is 11.9 Å². The molecular formula is C22H19FN2O4. The van der Waals surface area contributed by atoms with Gasteiger partial charge in [-0.1, -0.05) is 17.3 Å². The van der Waals surface area contributed by atoms with Crippen molar-refractivity contribution in [3.8, 4) is 11.3 Å². The van der Waals surface area contributed by atoms with Crippen LogP contribution in [0.15, 0.2) is 59.1 Å². The van der Waals surface area contributed by atoms with E-state index in [0.717, 1.165) is 11.3 Å². The van der Waals surface area contributed by atoms with Crippen LogP contribution in [0.3, 0.4) is 0 Å². The van der Waals surface area contributed by atoms with Crippen molar-refractivity contribution in [2.24, 2.45) is 5.92 Å². The minimum Gasteiger partial charge on any atom is -0.459 e. The zero-order chi connectivity index (χ0) is 20.4. The minimum atomic E-state index is -0.522. The molecule has 0 radical (unpaired) electrons. The summed E-state index contributed by atoms with van der Waals surface area (Å²) in [5.74, 6) is -0.949. The maximum absolute atomic E-state index is 13.0. The Morgan fingerprint density at radius 3 is 2.79 bits per heavy atom. The molecule has 29 heavy (non-hydrogen) atoms. The van der Waals surface area contributed by atoms with Crippen molar-refractivity contribution in [1.82, 2.24) is 5.16 Å². The van der Waals surface area contributed by atoms with Crippen molar-refractivity contribution < 1.29 is 23.2 Å². The number of hydrogen-bond acceptors (Lipinski definition) is 5. The highest BCUT2D eigenvalue weighted by Crippen LogP contribution is 2.27. The van der Waals surface area contributed by atoms with Crippen LogP contribution in [0, 0.1) is 18.7 Å². The molecule has 0 N–H and O–H groups in total. The summed E-state index contributed by atoms with van der Waals surface area (Å²) in [6, 6.07) is 15.1. The first-order chi connectivity index (χ1) is 14.0. The first-order valence-corrected chi connectivity index (χ1v) is 9.25. The number of ether oxygens (including phenoxy) is 1. The minimum absolute atomic E-state index is 0.0569. The number of esters is 1. The van der Waals surface area contributed by atoms with Gasteiger partial charge in [-0.05, 0) is 48.9 Å². The Kier molecular flexibility index (Phi) is 5.12. The fourth-order valence-electron chi connectivity index (χ4n) is 3.30. The Bertz CT molecular complexity index is 1040. The summed E-state index contributed by atoms with van der Waals surface area (Å²) in [6.07, 6.45) is 0.117. The van der Waals surface area contributed by atoms with Crippen molar-refractivity contribution in [3.63, 3.8) is 0 Å². The van der Waals surface area contributed by atoms with E-state index in [1.165, 1.54) is 12.1 Å². The van der Waals surface area contributed by atoms with E-state index in [0.29, 0.717) is 23.6 Å². The molecule has 0 spiro atoms. The lowest BCUT2D eigenvalue weighted by molar-refractivity contribution is -0.149. The number of hydrogen-bond donors (Lipinski definition) is 0. The quantitative estimate of drug-likeness (QED) is 0.614. The normalized spacial score (nSPS) is 16.3. The van der Waals surface area contributed by atoms with Crippen molar-refractivity contribution in [3.05, 3.63) is 71.7 Å². The second kappa shape index (κ2) is 7.87. The van der Waals surface area contributed by atoms with Crippen LogP contribution >= 0.6 is 0 Å². The fraction of sp³-hybridized carbons (Fsp3) is 0.227. The van der Waals surface area contributed by atoms with Gasteiger partial charge in [-0.15, -0.1) is 0 Å². The van der Waals surface area contributed by atoms with E-state index >= 15 is 0 Å². The molecule has 6 nitrogen and oxygen atoms in total. The van der Waals surface area contributed by atoms with Crippen LogP contribution in [0.1, 0.15) is 17.7 Å². The van der Waals surface area contributed by atoms with Crippen molar-refractivity contribution >= 4 is 17.6 Å². The van der Waals surface area contributed by atoms with Crippen LogP contribution < -0.4 is 4.90 Å². The lowest BCUT2D eigenvalue weighted by atomic mass is 10.1. The summed E-state index contributed by atoms with van der Waals surface area (Å²) < 4.78 is 23.6. The third kappa shape index (κ3) is 4.18. The van der Waals surface area contributed by atoms with Gasteiger partial charge in [0.1, 0.15) is 18.1 Å². The molecule has 1 fully saturated rings. The highest BCUT2D eigenvalue weighted by atomic mass is 19.1.